The molecule has 1 aliphatic rings. The van der Waals surface area contributed by atoms with Crippen LogP contribution in [0.1, 0.15) is 11.1 Å². The molecule has 1 unspecified atom stereocenters. The summed E-state index contributed by atoms with van der Waals surface area (Å²) in [6.07, 6.45) is -0.200. The molecule has 5 heteroatoms. The molecule has 0 amide bonds. The van der Waals surface area contributed by atoms with Crippen LogP contribution in [0.25, 0.3) is 11.0 Å². The van der Waals surface area contributed by atoms with Gasteiger partial charge in [-0.05, 0) is 49.2 Å². The SMILES string of the molecule is Cc1ccc2c(c1)OC(COc1ccc3c(C)cc(=O)oc3c1)CO2. The standard InChI is InChI=1S/C20H18O5/c1-12-3-6-17-19(7-12)24-15(11-23-17)10-22-14-4-5-16-13(2)8-20(21)25-18(16)9-14/h3-9,15H,10-11H2,1-2H3. The predicted molar refractivity (Wildman–Crippen MR) is 93.8 cm³/mol. The Kier molecular flexibility index (Phi) is 3.84. The molecule has 2 heterocycles. The van der Waals surface area contributed by atoms with E-state index in [9.17, 15) is 4.79 Å². The minimum atomic E-state index is -0.363. The maximum atomic E-state index is 11.5. The van der Waals surface area contributed by atoms with Crippen LogP contribution in [-0.2, 0) is 0 Å². The minimum Gasteiger partial charge on any atom is -0.489 e. The van der Waals surface area contributed by atoms with Gasteiger partial charge in [0, 0.05) is 17.5 Å². The monoisotopic (exact) mass is 338 g/mol. The second-order valence-corrected chi connectivity index (χ2v) is 6.22. The molecule has 25 heavy (non-hydrogen) atoms. The van der Waals surface area contributed by atoms with Crippen molar-refractivity contribution in [1.29, 1.82) is 0 Å². The quantitative estimate of drug-likeness (QED) is 0.683. The molecule has 0 fully saturated rings. The summed E-state index contributed by atoms with van der Waals surface area (Å²) in [6.45, 7) is 4.66. The highest BCUT2D eigenvalue weighted by molar-refractivity contribution is 5.81. The van der Waals surface area contributed by atoms with Crippen LogP contribution in [0.15, 0.2) is 51.7 Å². The lowest BCUT2D eigenvalue weighted by Crippen LogP contribution is -2.34. The zero-order valence-electron chi connectivity index (χ0n) is 14.1. The zero-order valence-corrected chi connectivity index (χ0v) is 14.1. The highest BCUT2D eigenvalue weighted by atomic mass is 16.6. The first kappa shape index (κ1) is 15.6. The summed E-state index contributed by atoms with van der Waals surface area (Å²) in [5.41, 5.74) is 2.15. The number of hydrogen-bond donors (Lipinski definition) is 0. The fraction of sp³-hybridized carbons (Fsp3) is 0.250. The van der Waals surface area contributed by atoms with Crippen molar-refractivity contribution in [2.24, 2.45) is 0 Å². The first-order chi connectivity index (χ1) is 12.1. The Hall–Kier alpha value is -2.95. The summed E-state index contributed by atoms with van der Waals surface area (Å²) >= 11 is 0. The molecule has 0 aliphatic carbocycles. The number of aryl methyl sites for hydroxylation is 2. The van der Waals surface area contributed by atoms with Gasteiger partial charge in [0.25, 0.3) is 0 Å². The van der Waals surface area contributed by atoms with E-state index in [-0.39, 0.29) is 11.7 Å². The summed E-state index contributed by atoms with van der Waals surface area (Å²) in [7, 11) is 0. The van der Waals surface area contributed by atoms with Crippen LogP contribution in [0.4, 0.5) is 0 Å². The Labute approximate surface area is 144 Å². The van der Waals surface area contributed by atoms with Crippen LogP contribution in [0.5, 0.6) is 17.2 Å². The maximum Gasteiger partial charge on any atom is 0.336 e. The van der Waals surface area contributed by atoms with E-state index in [4.69, 9.17) is 18.6 Å². The van der Waals surface area contributed by atoms with Gasteiger partial charge in [-0.2, -0.15) is 0 Å². The van der Waals surface area contributed by atoms with Gasteiger partial charge in [0.1, 0.15) is 24.5 Å². The van der Waals surface area contributed by atoms with E-state index in [1.807, 2.05) is 44.2 Å². The van der Waals surface area contributed by atoms with Gasteiger partial charge in [-0.3, -0.25) is 0 Å². The van der Waals surface area contributed by atoms with Crippen LogP contribution in [0, 0.1) is 13.8 Å². The highest BCUT2D eigenvalue weighted by Crippen LogP contribution is 2.32. The van der Waals surface area contributed by atoms with E-state index in [0.717, 1.165) is 28.0 Å². The largest absolute Gasteiger partial charge is 0.489 e. The molecule has 0 saturated carbocycles. The van der Waals surface area contributed by atoms with Crippen molar-refractivity contribution in [3.63, 3.8) is 0 Å². The summed E-state index contributed by atoms with van der Waals surface area (Å²) in [5.74, 6) is 2.12. The third-order valence-electron chi connectivity index (χ3n) is 4.18. The first-order valence-corrected chi connectivity index (χ1v) is 8.16. The topological polar surface area (TPSA) is 57.9 Å². The lowest BCUT2D eigenvalue weighted by atomic mass is 10.1. The molecule has 5 nitrogen and oxygen atoms in total. The Morgan fingerprint density at radius 1 is 1.08 bits per heavy atom. The fourth-order valence-corrected chi connectivity index (χ4v) is 2.89. The Bertz CT molecular complexity index is 989. The molecular weight excluding hydrogens is 320 g/mol. The number of fused-ring (bicyclic) bond motifs is 2. The highest BCUT2D eigenvalue weighted by Gasteiger charge is 2.21. The summed E-state index contributed by atoms with van der Waals surface area (Å²) < 4.78 is 22.7. The van der Waals surface area contributed by atoms with E-state index in [2.05, 4.69) is 0 Å². The van der Waals surface area contributed by atoms with Gasteiger partial charge in [0.2, 0.25) is 0 Å². The van der Waals surface area contributed by atoms with Crippen LogP contribution in [-0.4, -0.2) is 19.3 Å². The summed E-state index contributed by atoms with van der Waals surface area (Å²) in [5, 5.41) is 0.897. The molecule has 0 N–H and O–H groups in total. The van der Waals surface area contributed by atoms with Crippen molar-refractivity contribution in [3.05, 3.63) is 64.0 Å². The predicted octanol–water partition coefficient (Wildman–Crippen LogP) is 3.63. The third-order valence-corrected chi connectivity index (χ3v) is 4.18. The van der Waals surface area contributed by atoms with Crippen molar-refractivity contribution in [2.45, 2.75) is 20.0 Å². The molecule has 128 valence electrons. The van der Waals surface area contributed by atoms with Gasteiger partial charge in [0.15, 0.2) is 17.6 Å². The van der Waals surface area contributed by atoms with Gasteiger partial charge in [-0.15, -0.1) is 0 Å². The van der Waals surface area contributed by atoms with Crippen LogP contribution < -0.4 is 19.8 Å². The van der Waals surface area contributed by atoms with Gasteiger partial charge < -0.3 is 18.6 Å². The molecule has 4 rings (SSSR count). The normalized spacial score (nSPS) is 16.0. The molecule has 0 bridgehead atoms. The molecule has 3 aromatic rings. The minimum absolute atomic E-state index is 0.200. The van der Waals surface area contributed by atoms with Crippen molar-refractivity contribution in [3.8, 4) is 17.2 Å². The van der Waals surface area contributed by atoms with E-state index in [1.165, 1.54) is 6.07 Å². The van der Waals surface area contributed by atoms with Crippen LogP contribution in [0.3, 0.4) is 0 Å². The van der Waals surface area contributed by atoms with E-state index in [0.29, 0.717) is 24.5 Å². The number of benzene rings is 2. The Balaban J connectivity index is 1.48. The summed E-state index contributed by atoms with van der Waals surface area (Å²) in [4.78, 5) is 11.5. The maximum absolute atomic E-state index is 11.5. The van der Waals surface area contributed by atoms with Gasteiger partial charge >= 0.3 is 5.63 Å². The molecule has 0 radical (unpaired) electrons. The number of ether oxygens (including phenoxy) is 3. The third kappa shape index (κ3) is 3.18. The van der Waals surface area contributed by atoms with Crippen LogP contribution in [0.2, 0.25) is 0 Å². The van der Waals surface area contributed by atoms with E-state index >= 15 is 0 Å². The fourth-order valence-electron chi connectivity index (χ4n) is 2.89. The lowest BCUT2D eigenvalue weighted by molar-refractivity contribution is 0.0535. The first-order valence-electron chi connectivity index (χ1n) is 8.16. The number of rotatable bonds is 3. The van der Waals surface area contributed by atoms with Gasteiger partial charge in [-0.25, -0.2) is 4.79 Å². The molecule has 0 saturated heterocycles. The van der Waals surface area contributed by atoms with Crippen molar-refractivity contribution < 1.29 is 18.6 Å². The molecule has 0 spiro atoms. The van der Waals surface area contributed by atoms with E-state index in [1.54, 1.807) is 6.07 Å². The van der Waals surface area contributed by atoms with Gasteiger partial charge in [0.05, 0.1) is 0 Å². The van der Waals surface area contributed by atoms with Crippen molar-refractivity contribution in [1.82, 2.24) is 0 Å². The average Bonchev–Trinajstić information content (AvgIpc) is 2.59. The van der Waals surface area contributed by atoms with E-state index < -0.39 is 0 Å². The molecule has 1 aliphatic heterocycles. The average molecular weight is 338 g/mol. The Morgan fingerprint density at radius 3 is 2.84 bits per heavy atom. The summed E-state index contributed by atoms with van der Waals surface area (Å²) in [6, 6.07) is 12.8. The smallest absolute Gasteiger partial charge is 0.336 e. The van der Waals surface area contributed by atoms with Crippen molar-refractivity contribution >= 4 is 11.0 Å². The van der Waals surface area contributed by atoms with Gasteiger partial charge in [-0.1, -0.05) is 6.07 Å². The molecular formula is C20H18O5. The molecule has 1 atom stereocenters. The molecule has 1 aromatic heterocycles. The number of hydrogen-bond acceptors (Lipinski definition) is 5. The van der Waals surface area contributed by atoms with Crippen LogP contribution >= 0.6 is 0 Å². The molecule has 2 aromatic carbocycles. The second-order valence-electron chi connectivity index (χ2n) is 6.22. The lowest BCUT2D eigenvalue weighted by Gasteiger charge is -2.26. The zero-order chi connectivity index (χ0) is 17.4. The Morgan fingerprint density at radius 2 is 1.96 bits per heavy atom. The second kappa shape index (κ2) is 6.16. The van der Waals surface area contributed by atoms with Crippen molar-refractivity contribution in [2.75, 3.05) is 13.2 Å².